The molecule has 0 saturated carbocycles. The molecule has 0 aliphatic carbocycles. The van der Waals surface area contributed by atoms with Gasteiger partial charge < -0.3 is 5.32 Å². The minimum absolute atomic E-state index is 0.273. The average molecular weight is 260 g/mol. The third-order valence-electron chi connectivity index (χ3n) is 4.39. The van der Waals surface area contributed by atoms with Crippen molar-refractivity contribution in [1.82, 2.24) is 10.2 Å². The number of rotatable bonds is 5. The molecule has 2 unspecified atom stereocenters. The van der Waals surface area contributed by atoms with Crippen LogP contribution in [0.5, 0.6) is 0 Å². The second-order valence-corrected chi connectivity index (χ2v) is 7.79. The van der Waals surface area contributed by atoms with Crippen molar-refractivity contribution >= 4 is 9.84 Å². The van der Waals surface area contributed by atoms with E-state index in [2.05, 4.69) is 10.2 Å². The second-order valence-electron chi connectivity index (χ2n) is 5.32. The van der Waals surface area contributed by atoms with Crippen LogP contribution in [0.2, 0.25) is 0 Å². The van der Waals surface area contributed by atoms with Gasteiger partial charge in [-0.3, -0.25) is 4.90 Å². The van der Waals surface area contributed by atoms with Gasteiger partial charge in [-0.1, -0.05) is 6.92 Å². The first-order chi connectivity index (χ1) is 8.05. The molecule has 100 valence electrons. The van der Waals surface area contributed by atoms with Crippen LogP contribution in [0.15, 0.2) is 0 Å². The van der Waals surface area contributed by atoms with Crippen LogP contribution in [0.4, 0.5) is 0 Å². The van der Waals surface area contributed by atoms with E-state index in [1.165, 1.54) is 25.7 Å². The molecule has 2 heterocycles. The molecule has 0 aromatic heterocycles. The van der Waals surface area contributed by atoms with Crippen molar-refractivity contribution in [1.29, 1.82) is 0 Å². The maximum absolute atomic E-state index is 11.6. The van der Waals surface area contributed by atoms with E-state index >= 15 is 0 Å². The van der Waals surface area contributed by atoms with Crippen molar-refractivity contribution in [2.24, 2.45) is 0 Å². The lowest BCUT2D eigenvalue weighted by Crippen LogP contribution is -2.49. The fourth-order valence-electron chi connectivity index (χ4n) is 3.26. The van der Waals surface area contributed by atoms with Gasteiger partial charge in [0.2, 0.25) is 0 Å². The summed E-state index contributed by atoms with van der Waals surface area (Å²) in [5.74, 6) is 0.607. The number of nitrogens with zero attached hydrogens (tertiary/aromatic N) is 1. The second kappa shape index (κ2) is 5.24. The van der Waals surface area contributed by atoms with Crippen LogP contribution in [-0.4, -0.2) is 56.5 Å². The van der Waals surface area contributed by atoms with Crippen molar-refractivity contribution in [3.63, 3.8) is 0 Å². The molecular formula is C12H24N2O2S. The Kier molecular flexibility index (Phi) is 4.10. The van der Waals surface area contributed by atoms with Crippen LogP contribution in [0.25, 0.3) is 0 Å². The minimum Gasteiger partial charge on any atom is -0.317 e. The highest BCUT2D eigenvalue weighted by Gasteiger charge is 2.40. The summed E-state index contributed by atoms with van der Waals surface area (Å²) in [5.41, 5.74) is 0. The van der Waals surface area contributed by atoms with Gasteiger partial charge in [0.25, 0.3) is 0 Å². The van der Waals surface area contributed by atoms with E-state index in [-0.39, 0.29) is 5.75 Å². The molecule has 17 heavy (non-hydrogen) atoms. The molecule has 0 spiro atoms. The molecule has 2 saturated heterocycles. The van der Waals surface area contributed by atoms with E-state index in [9.17, 15) is 8.42 Å². The fraction of sp³-hybridized carbons (Fsp3) is 1.00. The van der Waals surface area contributed by atoms with Gasteiger partial charge >= 0.3 is 0 Å². The maximum Gasteiger partial charge on any atom is 0.151 e. The van der Waals surface area contributed by atoms with Gasteiger partial charge in [0, 0.05) is 30.4 Å². The van der Waals surface area contributed by atoms with Crippen LogP contribution in [0, 0.1) is 0 Å². The molecule has 2 fully saturated rings. The Bertz CT molecular complexity index is 342. The van der Waals surface area contributed by atoms with Gasteiger partial charge in [0.05, 0.1) is 5.75 Å². The summed E-state index contributed by atoms with van der Waals surface area (Å²) in [6, 6.07) is 1.85. The van der Waals surface area contributed by atoms with E-state index in [0.717, 1.165) is 6.54 Å². The lowest BCUT2D eigenvalue weighted by atomic mass is 9.98. The van der Waals surface area contributed by atoms with E-state index in [1.54, 1.807) is 6.92 Å². The van der Waals surface area contributed by atoms with Gasteiger partial charge in [-0.15, -0.1) is 0 Å². The summed E-state index contributed by atoms with van der Waals surface area (Å²) in [6.07, 6.45) is 4.85. The quantitative estimate of drug-likeness (QED) is 0.788. The molecule has 5 heteroatoms. The Balaban J connectivity index is 1.91. The first kappa shape index (κ1) is 13.3. The van der Waals surface area contributed by atoms with Gasteiger partial charge in [-0.25, -0.2) is 8.42 Å². The summed E-state index contributed by atoms with van der Waals surface area (Å²) >= 11 is 0. The topological polar surface area (TPSA) is 49.4 Å². The summed E-state index contributed by atoms with van der Waals surface area (Å²) in [5, 5.41) is 3.36. The van der Waals surface area contributed by atoms with Crippen LogP contribution < -0.4 is 5.32 Å². The van der Waals surface area contributed by atoms with Crippen LogP contribution in [0.3, 0.4) is 0 Å². The molecule has 2 atom stereocenters. The van der Waals surface area contributed by atoms with Gasteiger partial charge in [-0.2, -0.15) is 0 Å². The molecule has 0 aromatic rings. The number of hydrogen-bond donors (Lipinski definition) is 1. The zero-order valence-electron chi connectivity index (χ0n) is 10.9. The Morgan fingerprint density at radius 2 is 1.82 bits per heavy atom. The minimum atomic E-state index is -2.81. The lowest BCUT2D eigenvalue weighted by Gasteiger charge is -2.38. The summed E-state index contributed by atoms with van der Waals surface area (Å²) < 4.78 is 23.1. The fourth-order valence-corrected chi connectivity index (χ4v) is 4.04. The molecule has 2 aliphatic heterocycles. The van der Waals surface area contributed by atoms with Gasteiger partial charge in [0.1, 0.15) is 0 Å². The first-order valence-electron chi connectivity index (χ1n) is 6.69. The van der Waals surface area contributed by atoms with Crippen molar-refractivity contribution in [3.05, 3.63) is 0 Å². The standard InChI is InChI=1S/C12H24N2O2S/c1-3-17(15,16)7-6-14-11-4-5-12(14)9-10(8-11)13-2/h10-13H,3-9H2,1-2H3. The van der Waals surface area contributed by atoms with E-state index in [0.29, 0.717) is 23.9 Å². The Morgan fingerprint density at radius 1 is 1.24 bits per heavy atom. The first-order valence-corrected chi connectivity index (χ1v) is 8.51. The maximum atomic E-state index is 11.6. The lowest BCUT2D eigenvalue weighted by molar-refractivity contribution is 0.127. The number of fused-ring (bicyclic) bond motifs is 2. The normalized spacial score (nSPS) is 34.1. The predicted octanol–water partition coefficient (Wildman–Crippen LogP) is 0.636. The third-order valence-corrected chi connectivity index (χ3v) is 6.08. The molecule has 0 radical (unpaired) electrons. The third kappa shape index (κ3) is 3.01. The largest absolute Gasteiger partial charge is 0.317 e. The van der Waals surface area contributed by atoms with Gasteiger partial charge in [-0.05, 0) is 32.7 Å². The van der Waals surface area contributed by atoms with Crippen molar-refractivity contribution in [2.75, 3.05) is 25.1 Å². The molecule has 4 nitrogen and oxygen atoms in total. The van der Waals surface area contributed by atoms with Gasteiger partial charge in [0.15, 0.2) is 9.84 Å². The Hall–Kier alpha value is -0.130. The van der Waals surface area contributed by atoms with Crippen molar-refractivity contribution in [2.45, 2.75) is 50.7 Å². The molecule has 1 N–H and O–H groups in total. The Morgan fingerprint density at radius 3 is 2.29 bits per heavy atom. The highest BCUT2D eigenvalue weighted by Crippen LogP contribution is 2.35. The number of nitrogens with one attached hydrogen (secondary N) is 1. The van der Waals surface area contributed by atoms with Crippen LogP contribution >= 0.6 is 0 Å². The molecule has 2 rings (SSSR count). The summed E-state index contributed by atoms with van der Waals surface area (Å²) in [4.78, 5) is 2.45. The SMILES string of the molecule is CCS(=O)(=O)CCN1C2CCC1CC(NC)C2. The molecular weight excluding hydrogens is 236 g/mol. The smallest absolute Gasteiger partial charge is 0.151 e. The van der Waals surface area contributed by atoms with Crippen LogP contribution in [-0.2, 0) is 9.84 Å². The van der Waals surface area contributed by atoms with Crippen molar-refractivity contribution in [3.8, 4) is 0 Å². The zero-order valence-corrected chi connectivity index (χ0v) is 11.7. The molecule has 2 aliphatic rings. The van der Waals surface area contributed by atoms with E-state index in [1.807, 2.05) is 7.05 Å². The monoisotopic (exact) mass is 260 g/mol. The highest BCUT2D eigenvalue weighted by molar-refractivity contribution is 7.91. The summed E-state index contributed by atoms with van der Waals surface area (Å²) in [6.45, 7) is 2.47. The predicted molar refractivity (Wildman–Crippen MR) is 69.9 cm³/mol. The number of hydrogen-bond acceptors (Lipinski definition) is 4. The summed E-state index contributed by atoms with van der Waals surface area (Å²) in [7, 11) is -0.785. The number of sulfone groups is 1. The zero-order chi connectivity index (χ0) is 12.5. The van der Waals surface area contributed by atoms with E-state index < -0.39 is 9.84 Å². The van der Waals surface area contributed by atoms with E-state index in [4.69, 9.17) is 0 Å². The highest BCUT2D eigenvalue weighted by atomic mass is 32.2. The average Bonchev–Trinajstić information content (AvgIpc) is 2.56. The Labute approximate surface area is 105 Å². The molecule has 0 aromatic carbocycles. The van der Waals surface area contributed by atoms with Crippen LogP contribution in [0.1, 0.15) is 32.6 Å². The molecule has 0 amide bonds. The van der Waals surface area contributed by atoms with Crippen molar-refractivity contribution < 1.29 is 8.42 Å². The number of piperidine rings is 1. The molecule has 2 bridgehead atoms.